The number of pyridine rings is 1. The summed E-state index contributed by atoms with van der Waals surface area (Å²) in [5.41, 5.74) is -0.662. The Bertz CT molecular complexity index is 1470. The van der Waals surface area contributed by atoms with Crippen LogP contribution in [0.5, 0.6) is 17.4 Å². The van der Waals surface area contributed by atoms with Gasteiger partial charge < -0.3 is 18.9 Å². The fraction of sp³-hybridized carbons (Fsp3) is 0.200. The van der Waals surface area contributed by atoms with Gasteiger partial charge in [0.25, 0.3) is 10.0 Å². The fourth-order valence-corrected chi connectivity index (χ4v) is 4.17. The first-order valence-corrected chi connectivity index (χ1v) is 13.4. The monoisotopic (exact) mass is 620 g/mol. The van der Waals surface area contributed by atoms with Crippen molar-refractivity contribution < 1.29 is 45.3 Å². The number of ether oxygens (including phenoxy) is 4. The normalized spacial score (nSPS) is 11.8. The molecule has 40 heavy (non-hydrogen) atoms. The molecule has 0 aliphatic heterocycles. The van der Waals surface area contributed by atoms with Gasteiger partial charge in [0.2, 0.25) is 5.88 Å². The van der Waals surface area contributed by atoms with E-state index in [4.69, 9.17) is 42.1 Å². The van der Waals surface area contributed by atoms with Crippen molar-refractivity contribution in [1.29, 1.82) is 0 Å². The molecule has 0 unspecified atom stereocenters. The summed E-state index contributed by atoms with van der Waals surface area (Å²) in [6.45, 7) is 0.177. The zero-order valence-corrected chi connectivity index (χ0v) is 22.9. The lowest BCUT2D eigenvalue weighted by Crippen LogP contribution is -2.31. The summed E-state index contributed by atoms with van der Waals surface area (Å²) in [6.07, 6.45) is -2.44. The van der Waals surface area contributed by atoms with E-state index in [1.165, 1.54) is 49.6 Å². The van der Waals surface area contributed by atoms with E-state index in [0.717, 1.165) is 0 Å². The highest BCUT2D eigenvalue weighted by atomic mass is 35.5. The van der Waals surface area contributed by atoms with E-state index in [0.29, 0.717) is 35.2 Å². The van der Waals surface area contributed by atoms with Crippen LogP contribution in [0.4, 0.5) is 18.0 Å². The number of amides is 1. The van der Waals surface area contributed by atoms with E-state index >= 15 is 0 Å². The molecule has 214 valence electrons. The number of hydrogen-bond acceptors (Lipinski definition) is 8. The van der Waals surface area contributed by atoms with Crippen molar-refractivity contribution in [2.24, 2.45) is 0 Å². The molecule has 1 amide bonds. The van der Waals surface area contributed by atoms with Crippen molar-refractivity contribution in [3.8, 4) is 17.4 Å². The number of nitrogens with zero attached hydrogens (tertiary/aromatic N) is 1. The van der Waals surface area contributed by atoms with Gasteiger partial charge in [-0.15, -0.1) is 0 Å². The average Bonchev–Trinajstić information content (AvgIpc) is 2.88. The summed E-state index contributed by atoms with van der Waals surface area (Å²) in [5.74, 6) is 0.173. The van der Waals surface area contributed by atoms with Crippen molar-refractivity contribution in [2.75, 3.05) is 26.9 Å². The van der Waals surface area contributed by atoms with E-state index in [-0.39, 0.29) is 34.8 Å². The van der Waals surface area contributed by atoms with Gasteiger partial charge in [-0.05, 0) is 48.5 Å². The lowest BCUT2D eigenvalue weighted by molar-refractivity contribution is -0.137. The van der Waals surface area contributed by atoms with Gasteiger partial charge >= 0.3 is 12.3 Å². The first-order valence-electron chi connectivity index (χ1n) is 11.2. The molecule has 1 N–H and O–H groups in total. The second-order valence-corrected chi connectivity index (χ2v) is 10.2. The Morgan fingerprint density at radius 1 is 1.07 bits per heavy atom. The Kier molecular flexibility index (Phi) is 10.6. The molecule has 0 aliphatic rings. The lowest BCUT2D eigenvalue weighted by Gasteiger charge is -2.13. The summed E-state index contributed by atoms with van der Waals surface area (Å²) in [7, 11) is -2.68. The molecule has 3 rings (SSSR count). The average molecular weight is 621 g/mol. The second kappa shape index (κ2) is 13.7. The zero-order chi connectivity index (χ0) is 29.3. The molecular weight excluding hydrogens is 600 g/mol. The molecule has 0 saturated carbocycles. The topological polar surface area (TPSA) is 113 Å². The molecule has 9 nitrogen and oxygen atoms in total. The van der Waals surface area contributed by atoms with Crippen LogP contribution in [-0.4, -0.2) is 46.4 Å². The molecule has 15 heteroatoms. The number of rotatable bonds is 11. The van der Waals surface area contributed by atoms with Crippen LogP contribution in [0, 0.1) is 0 Å². The Balaban J connectivity index is 1.72. The number of carbonyl (C=O) groups is 1. The maximum absolute atomic E-state index is 13.0. The summed E-state index contributed by atoms with van der Waals surface area (Å²) in [6, 6.07) is 10.4. The fourth-order valence-electron chi connectivity index (χ4n) is 2.94. The number of methoxy groups -OCH3 is 1. The number of sulfonamides is 1. The van der Waals surface area contributed by atoms with Gasteiger partial charge in [-0.3, -0.25) is 0 Å². The highest BCUT2D eigenvalue weighted by Gasteiger charge is 2.32. The first kappa shape index (κ1) is 31.0. The maximum atomic E-state index is 13.0. The molecular formula is C25H21Cl2F3N2O7S. The minimum atomic E-state index is -4.64. The van der Waals surface area contributed by atoms with Crippen molar-refractivity contribution in [3.63, 3.8) is 0 Å². The van der Waals surface area contributed by atoms with Crippen LogP contribution >= 0.6 is 23.2 Å². The Morgan fingerprint density at radius 3 is 2.45 bits per heavy atom. The van der Waals surface area contributed by atoms with Gasteiger partial charge in [-0.1, -0.05) is 29.3 Å². The van der Waals surface area contributed by atoms with Gasteiger partial charge in [0.15, 0.2) is 0 Å². The van der Waals surface area contributed by atoms with E-state index in [1.54, 1.807) is 16.9 Å². The molecule has 0 saturated heterocycles. The highest BCUT2D eigenvalue weighted by Crippen LogP contribution is 2.36. The maximum Gasteiger partial charge on any atom is 0.421 e. The number of hydrogen-bond donors (Lipinski definition) is 1. The number of benzene rings is 2. The van der Waals surface area contributed by atoms with E-state index in [9.17, 15) is 26.4 Å². The molecule has 0 radical (unpaired) electrons. The summed E-state index contributed by atoms with van der Waals surface area (Å²) >= 11 is 11.7. The standard InChI is InChI=1S/C25H21Cl2F3N2O7S/c1-36-11-12-37-19-7-4-16(22(14-19)39-23-21(27)13-17(15-31-23)25(28,29)30)3-2-10-38-24(33)32-40(34,35)20-8-5-18(26)6-9-20/h2-9,13-15H,10-12H2,1H3,(H,32,33). The Hall–Kier alpha value is -3.52. The number of nitrogens with one attached hydrogen (secondary N) is 1. The second-order valence-electron chi connectivity index (χ2n) is 7.71. The van der Waals surface area contributed by atoms with Crippen LogP contribution in [-0.2, 0) is 25.7 Å². The van der Waals surface area contributed by atoms with Crippen LogP contribution in [0.2, 0.25) is 10.0 Å². The Labute approximate surface area is 237 Å². The van der Waals surface area contributed by atoms with Gasteiger partial charge in [0.05, 0.1) is 17.1 Å². The summed E-state index contributed by atoms with van der Waals surface area (Å²) in [4.78, 5) is 15.5. The molecule has 0 bridgehead atoms. The highest BCUT2D eigenvalue weighted by molar-refractivity contribution is 7.90. The van der Waals surface area contributed by atoms with E-state index in [1.807, 2.05) is 0 Å². The van der Waals surface area contributed by atoms with Crippen molar-refractivity contribution in [3.05, 3.63) is 82.0 Å². The molecule has 3 aromatic rings. The molecule has 0 spiro atoms. The van der Waals surface area contributed by atoms with Crippen molar-refractivity contribution in [1.82, 2.24) is 9.71 Å². The molecule has 0 fully saturated rings. The van der Waals surface area contributed by atoms with Crippen molar-refractivity contribution in [2.45, 2.75) is 11.1 Å². The number of carbonyl (C=O) groups excluding carboxylic acids is 1. The third-order valence-electron chi connectivity index (χ3n) is 4.83. The van der Waals surface area contributed by atoms with Crippen LogP contribution < -0.4 is 14.2 Å². The van der Waals surface area contributed by atoms with Crippen molar-refractivity contribution >= 4 is 45.4 Å². The first-order chi connectivity index (χ1) is 18.9. The summed E-state index contributed by atoms with van der Waals surface area (Å²) in [5, 5.41) is -0.0571. The third-order valence-corrected chi connectivity index (χ3v) is 6.68. The minimum Gasteiger partial charge on any atom is -0.491 e. The van der Waals surface area contributed by atoms with Crippen LogP contribution in [0.1, 0.15) is 11.1 Å². The lowest BCUT2D eigenvalue weighted by atomic mass is 10.1. The summed E-state index contributed by atoms with van der Waals surface area (Å²) < 4.78 is 86.2. The smallest absolute Gasteiger partial charge is 0.421 e. The largest absolute Gasteiger partial charge is 0.491 e. The van der Waals surface area contributed by atoms with Gasteiger partial charge in [-0.25, -0.2) is 22.9 Å². The SMILES string of the molecule is COCCOc1ccc(C=CCOC(=O)NS(=O)(=O)c2ccc(Cl)cc2)c(Oc2ncc(C(F)(F)F)cc2Cl)c1. The molecule has 2 aromatic carbocycles. The van der Waals surface area contributed by atoms with E-state index in [2.05, 4.69) is 4.98 Å². The van der Waals surface area contributed by atoms with Gasteiger partial charge in [0.1, 0.15) is 29.7 Å². The number of alkyl halides is 3. The quantitative estimate of drug-likeness (QED) is 0.247. The van der Waals surface area contributed by atoms with Gasteiger partial charge in [0, 0.05) is 30.0 Å². The molecule has 1 heterocycles. The van der Waals surface area contributed by atoms with E-state index < -0.39 is 27.9 Å². The van der Waals surface area contributed by atoms with Crippen LogP contribution in [0.15, 0.2) is 65.7 Å². The number of halogens is 5. The third kappa shape index (κ3) is 9.01. The molecule has 0 aliphatic carbocycles. The predicted molar refractivity (Wildman–Crippen MR) is 140 cm³/mol. The molecule has 0 atom stereocenters. The van der Waals surface area contributed by atoms with Crippen LogP contribution in [0.3, 0.4) is 0 Å². The predicted octanol–water partition coefficient (Wildman–Crippen LogP) is 6.35. The zero-order valence-electron chi connectivity index (χ0n) is 20.6. The number of aromatic nitrogens is 1. The van der Waals surface area contributed by atoms with Crippen LogP contribution in [0.25, 0.3) is 6.08 Å². The minimum absolute atomic E-state index is 0.107. The molecule has 1 aromatic heterocycles. The Morgan fingerprint density at radius 2 is 1.80 bits per heavy atom. The van der Waals surface area contributed by atoms with Gasteiger partial charge in [-0.2, -0.15) is 13.2 Å².